The normalized spacial score (nSPS) is 10.8. The van der Waals surface area contributed by atoms with Crippen molar-refractivity contribution in [3.63, 3.8) is 0 Å². The molecule has 1 amide bonds. The number of aromatic nitrogens is 2. The summed E-state index contributed by atoms with van der Waals surface area (Å²) in [5, 5.41) is 5.68. The number of hydrogen-bond acceptors (Lipinski definition) is 3. The van der Waals surface area contributed by atoms with E-state index in [1.54, 1.807) is 37.3 Å². The van der Waals surface area contributed by atoms with Crippen molar-refractivity contribution in [2.75, 3.05) is 5.32 Å². The molecule has 0 saturated heterocycles. The quantitative estimate of drug-likeness (QED) is 0.763. The van der Waals surface area contributed by atoms with Gasteiger partial charge in [-0.25, -0.2) is 9.07 Å². The van der Waals surface area contributed by atoms with Crippen molar-refractivity contribution in [2.45, 2.75) is 19.9 Å². The molecular formula is C18H16FN3O3. The van der Waals surface area contributed by atoms with Gasteiger partial charge in [0.1, 0.15) is 5.82 Å². The number of anilines is 1. The first kappa shape index (κ1) is 16.6. The van der Waals surface area contributed by atoms with E-state index in [0.29, 0.717) is 16.5 Å². The standard InChI is InChI=1S/C18H16FN3O3/c1-11-6-7-12(19)10-15(11)20-16(23)8-9-22-18(25)14-5-3-2-4-13(14)17(24)21-22/h2-7,10H,8-9H2,1H3,(H,20,23)(H,21,24). The van der Waals surface area contributed by atoms with Crippen LogP contribution in [-0.4, -0.2) is 15.7 Å². The summed E-state index contributed by atoms with van der Waals surface area (Å²) in [7, 11) is 0. The molecule has 0 unspecified atom stereocenters. The average molecular weight is 341 g/mol. The van der Waals surface area contributed by atoms with Gasteiger partial charge in [-0.05, 0) is 36.8 Å². The van der Waals surface area contributed by atoms with Crippen LogP contribution < -0.4 is 16.4 Å². The number of carbonyl (C=O) groups excluding carboxylic acids is 1. The SMILES string of the molecule is Cc1ccc(F)cc1NC(=O)CCn1[nH]c(=O)c2ccccc2c1=O. The molecule has 0 fully saturated rings. The number of aryl methyl sites for hydroxylation is 2. The van der Waals surface area contributed by atoms with E-state index >= 15 is 0 Å². The molecule has 0 aliphatic heterocycles. The van der Waals surface area contributed by atoms with Crippen molar-refractivity contribution in [1.82, 2.24) is 9.78 Å². The van der Waals surface area contributed by atoms with Gasteiger partial charge in [0.25, 0.3) is 11.1 Å². The summed E-state index contributed by atoms with van der Waals surface area (Å²) in [6.45, 7) is 1.76. The molecule has 0 aliphatic rings. The number of halogens is 1. The lowest BCUT2D eigenvalue weighted by atomic mass is 10.2. The van der Waals surface area contributed by atoms with E-state index in [2.05, 4.69) is 10.4 Å². The summed E-state index contributed by atoms with van der Waals surface area (Å²) in [5.74, 6) is -0.828. The van der Waals surface area contributed by atoms with Gasteiger partial charge in [-0.15, -0.1) is 0 Å². The third-order valence-corrected chi connectivity index (χ3v) is 3.92. The molecule has 128 valence electrons. The zero-order chi connectivity index (χ0) is 18.0. The highest BCUT2D eigenvalue weighted by Gasteiger charge is 2.10. The van der Waals surface area contributed by atoms with Crippen LogP contribution in [0.5, 0.6) is 0 Å². The second kappa shape index (κ2) is 6.72. The fourth-order valence-electron chi connectivity index (χ4n) is 2.56. The molecular weight excluding hydrogens is 325 g/mol. The molecule has 0 radical (unpaired) electrons. The number of fused-ring (bicyclic) bond motifs is 1. The highest BCUT2D eigenvalue weighted by atomic mass is 19.1. The molecule has 2 aromatic carbocycles. The molecule has 6 nitrogen and oxygen atoms in total. The Morgan fingerprint density at radius 3 is 2.64 bits per heavy atom. The summed E-state index contributed by atoms with van der Waals surface area (Å²) in [6.07, 6.45) is -0.0376. The number of benzene rings is 2. The Morgan fingerprint density at radius 2 is 1.88 bits per heavy atom. The maximum Gasteiger partial charge on any atom is 0.273 e. The molecule has 0 spiro atoms. The predicted octanol–water partition coefficient (Wildman–Crippen LogP) is 2.17. The van der Waals surface area contributed by atoms with E-state index < -0.39 is 11.4 Å². The van der Waals surface area contributed by atoms with Crippen LogP contribution >= 0.6 is 0 Å². The molecule has 0 bridgehead atoms. The highest BCUT2D eigenvalue weighted by Crippen LogP contribution is 2.16. The zero-order valence-corrected chi connectivity index (χ0v) is 13.5. The van der Waals surface area contributed by atoms with Gasteiger partial charge in [0, 0.05) is 12.1 Å². The molecule has 0 atom stereocenters. The number of aromatic amines is 1. The Morgan fingerprint density at radius 1 is 1.16 bits per heavy atom. The number of hydrogen-bond donors (Lipinski definition) is 2. The number of H-pyrrole nitrogens is 1. The van der Waals surface area contributed by atoms with Crippen LogP contribution in [0, 0.1) is 12.7 Å². The maximum atomic E-state index is 13.3. The number of carbonyl (C=O) groups is 1. The van der Waals surface area contributed by atoms with Gasteiger partial charge in [0.15, 0.2) is 0 Å². The molecule has 3 aromatic rings. The minimum absolute atomic E-state index is 0.0130. The molecule has 1 heterocycles. The molecule has 25 heavy (non-hydrogen) atoms. The van der Waals surface area contributed by atoms with Crippen molar-refractivity contribution >= 4 is 22.4 Å². The van der Waals surface area contributed by atoms with Crippen molar-refractivity contribution in [1.29, 1.82) is 0 Å². The lowest BCUT2D eigenvalue weighted by Crippen LogP contribution is -2.31. The number of nitrogens with one attached hydrogen (secondary N) is 2. The second-order valence-corrected chi connectivity index (χ2v) is 5.70. The summed E-state index contributed by atoms with van der Waals surface area (Å²) < 4.78 is 14.4. The van der Waals surface area contributed by atoms with Gasteiger partial charge in [0.2, 0.25) is 5.91 Å². The van der Waals surface area contributed by atoms with Gasteiger partial charge in [0.05, 0.1) is 17.3 Å². The van der Waals surface area contributed by atoms with Crippen molar-refractivity contribution < 1.29 is 9.18 Å². The highest BCUT2D eigenvalue weighted by molar-refractivity contribution is 5.91. The van der Waals surface area contributed by atoms with Gasteiger partial charge >= 0.3 is 0 Å². The lowest BCUT2D eigenvalue weighted by Gasteiger charge is -2.10. The van der Waals surface area contributed by atoms with Crippen LogP contribution in [0.4, 0.5) is 10.1 Å². The Kier molecular flexibility index (Phi) is 4.47. The number of nitrogens with zero attached hydrogens (tertiary/aromatic N) is 1. The molecule has 3 rings (SSSR count). The van der Waals surface area contributed by atoms with Crippen molar-refractivity contribution in [2.24, 2.45) is 0 Å². The summed E-state index contributed by atoms with van der Waals surface area (Å²) >= 11 is 0. The van der Waals surface area contributed by atoms with Crippen LogP contribution in [-0.2, 0) is 11.3 Å². The van der Waals surface area contributed by atoms with Crippen LogP contribution in [0.1, 0.15) is 12.0 Å². The van der Waals surface area contributed by atoms with Crippen LogP contribution in [0.3, 0.4) is 0 Å². The smallest absolute Gasteiger partial charge is 0.273 e. The Labute approximate surface area is 141 Å². The molecule has 1 aromatic heterocycles. The Hall–Kier alpha value is -3.22. The zero-order valence-electron chi connectivity index (χ0n) is 13.5. The minimum atomic E-state index is -0.448. The molecule has 7 heteroatoms. The van der Waals surface area contributed by atoms with Gasteiger partial charge in [-0.1, -0.05) is 18.2 Å². The number of amides is 1. The molecule has 0 saturated carbocycles. The van der Waals surface area contributed by atoms with Gasteiger partial charge < -0.3 is 5.32 Å². The molecule has 0 aliphatic carbocycles. The maximum absolute atomic E-state index is 13.3. The fraction of sp³-hybridized carbons (Fsp3) is 0.167. The first-order chi connectivity index (χ1) is 12.0. The van der Waals surface area contributed by atoms with E-state index in [0.717, 1.165) is 10.2 Å². The minimum Gasteiger partial charge on any atom is -0.326 e. The second-order valence-electron chi connectivity index (χ2n) is 5.70. The van der Waals surface area contributed by atoms with Crippen LogP contribution in [0.25, 0.3) is 10.8 Å². The van der Waals surface area contributed by atoms with E-state index in [1.165, 1.54) is 12.1 Å². The van der Waals surface area contributed by atoms with E-state index in [1.807, 2.05) is 0 Å². The van der Waals surface area contributed by atoms with Crippen molar-refractivity contribution in [3.05, 3.63) is 74.6 Å². The topological polar surface area (TPSA) is 84.0 Å². The number of rotatable bonds is 4. The van der Waals surface area contributed by atoms with E-state index in [9.17, 15) is 18.8 Å². The van der Waals surface area contributed by atoms with Gasteiger partial charge in [-0.3, -0.25) is 19.5 Å². The Bertz CT molecular complexity index is 1070. The third-order valence-electron chi connectivity index (χ3n) is 3.92. The first-order valence-electron chi connectivity index (χ1n) is 7.73. The van der Waals surface area contributed by atoms with Crippen LogP contribution in [0.2, 0.25) is 0 Å². The summed E-state index contributed by atoms with van der Waals surface area (Å²) in [6, 6.07) is 10.6. The van der Waals surface area contributed by atoms with E-state index in [4.69, 9.17) is 0 Å². The summed E-state index contributed by atoms with van der Waals surface area (Å²) in [5.41, 5.74) is 0.344. The summed E-state index contributed by atoms with van der Waals surface area (Å²) in [4.78, 5) is 36.4. The average Bonchev–Trinajstić information content (AvgIpc) is 2.60. The Balaban J connectivity index is 1.78. The largest absolute Gasteiger partial charge is 0.326 e. The van der Waals surface area contributed by atoms with E-state index in [-0.39, 0.29) is 24.4 Å². The lowest BCUT2D eigenvalue weighted by molar-refractivity contribution is -0.116. The fourth-order valence-corrected chi connectivity index (χ4v) is 2.56. The van der Waals surface area contributed by atoms with Crippen LogP contribution in [0.15, 0.2) is 52.1 Å². The van der Waals surface area contributed by atoms with Gasteiger partial charge in [-0.2, -0.15) is 0 Å². The third kappa shape index (κ3) is 3.50. The predicted molar refractivity (Wildman–Crippen MR) is 93.2 cm³/mol. The van der Waals surface area contributed by atoms with Crippen molar-refractivity contribution in [3.8, 4) is 0 Å². The monoisotopic (exact) mass is 341 g/mol. The molecule has 2 N–H and O–H groups in total. The first-order valence-corrected chi connectivity index (χ1v) is 7.73.